The molecule has 2 aliphatic rings. The molecule has 1 aliphatic heterocycles. The van der Waals surface area contributed by atoms with Crippen LogP contribution in [0.15, 0.2) is 11.6 Å². The largest absolute Gasteiger partial charge is 0.480 e. The van der Waals surface area contributed by atoms with Crippen LogP contribution in [0, 0.1) is 5.92 Å². The van der Waals surface area contributed by atoms with Crippen molar-refractivity contribution in [2.45, 2.75) is 58.1 Å². The lowest BCUT2D eigenvalue weighted by Gasteiger charge is -2.40. The Morgan fingerprint density at radius 3 is 2.70 bits per heavy atom. The minimum atomic E-state index is -0.944. The average Bonchev–Trinajstić information content (AvgIpc) is 2.35. The normalized spacial score (nSPS) is 26.6. The number of rotatable bonds is 1. The van der Waals surface area contributed by atoms with Crippen LogP contribution in [0.25, 0.3) is 0 Å². The molecule has 0 radical (unpaired) electrons. The number of hydrogen-bond acceptors (Lipinski definition) is 3. The van der Waals surface area contributed by atoms with E-state index in [9.17, 15) is 14.7 Å². The van der Waals surface area contributed by atoms with Crippen molar-refractivity contribution in [1.29, 1.82) is 0 Å². The predicted molar refractivity (Wildman–Crippen MR) is 74.4 cm³/mol. The van der Waals surface area contributed by atoms with Gasteiger partial charge in [-0.05, 0) is 52.4 Å². The Kier molecular flexibility index (Phi) is 4.06. The lowest BCUT2D eigenvalue weighted by Crippen LogP contribution is -2.52. The molecule has 1 amide bonds. The molecule has 2 atom stereocenters. The number of allylic oxidation sites excluding steroid dienone is 1. The van der Waals surface area contributed by atoms with E-state index in [2.05, 4.69) is 6.08 Å². The third-order valence-corrected chi connectivity index (χ3v) is 3.84. The fourth-order valence-electron chi connectivity index (χ4n) is 2.92. The van der Waals surface area contributed by atoms with E-state index in [1.165, 1.54) is 10.5 Å². The molecule has 1 N–H and O–H groups in total. The lowest BCUT2D eigenvalue weighted by atomic mass is 9.79. The molecule has 5 heteroatoms. The summed E-state index contributed by atoms with van der Waals surface area (Å²) in [4.78, 5) is 25.0. The van der Waals surface area contributed by atoms with Crippen LogP contribution >= 0.6 is 0 Å². The van der Waals surface area contributed by atoms with Crippen molar-refractivity contribution in [2.24, 2.45) is 5.92 Å². The van der Waals surface area contributed by atoms with Crippen molar-refractivity contribution < 1.29 is 19.4 Å². The zero-order valence-corrected chi connectivity index (χ0v) is 12.4. The van der Waals surface area contributed by atoms with Gasteiger partial charge in [-0.2, -0.15) is 0 Å². The zero-order chi connectivity index (χ0) is 14.9. The van der Waals surface area contributed by atoms with E-state index < -0.39 is 23.7 Å². The van der Waals surface area contributed by atoms with E-state index in [0.717, 1.165) is 19.3 Å². The van der Waals surface area contributed by atoms with Crippen LogP contribution in [0.2, 0.25) is 0 Å². The molecule has 5 nitrogen and oxygen atoms in total. The summed E-state index contributed by atoms with van der Waals surface area (Å²) in [7, 11) is 0. The summed E-state index contributed by atoms with van der Waals surface area (Å²) >= 11 is 0. The van der Waals surface area contributed by atoms with E-state index in [1.54, 1.807) is 20.8 Å². The van der Waals surface area contributed by atoms with Gasteiger partial charge in [0.25, 0.3) is 0 Å². The summed E-state index contributed by atoms with van der Waals surface area (Å²) in [6.45, 7) is 5.74. The topological polar surface area (TPSA) is 66.8 Å². The Hall–Kier alpha value is -1.52. The maximum Gasteiger partial charge on any atom is 0.411 e. The molecule has 1 fully saturated rings. The van der Waals surface area contributed by atoms with Gasteiger partial charge in [-0.1, -0.05) is 11.6 Å². The van der Waals surface area contributed by atoms with Gasteiger partial charge in [0.1, 0.15) is 11.6 Å². The Balaban J connectivity index is 2.17. The van der Waals surface area contributed by atoms with Crippen LogP contribution < -0.4 is 0 Å². The Morgan fingerprint density at radius 2 is 2.10 bits per heavy atom. The van der Waals surface area contributed by atoms with Crippen LogP contribution in [0.5, 0.6) is 0 Å². The highest BCUT2D eigenvalue weighted by molar-refractivity contribution is 5.81. The molecule has 112 valence electrons. The van der Waals surface area contributed by atoms with E-state index in [4.69, 9.17) is 4.74 Å². The molecule has 1 heterocycles. The molecule has 1 saturated heterocycles. The van der Waals surface area contributed by atoms with E-state index in [1.807, 2.05) is 0 Å². The molecule has 20 heavy (non-hydrogen) atoms. The highest BCUT2D eigenvalue weighted by Gasteiger charge is 2.40. The molecule has 1 aliphatic carbocycles. The number of ether oxygens (including phenoxy) is 1. The molecule has 0 spiro atoms. The van der Waals surface area contributed by atoms with Crippen molar-refractivity contribution in [3.63, 3.8) is 0 Å². The molecule has 0 aromatic rings. The summed E-state index contributed by atoms with van der Waals surface area (Å²) in [5, 5.41) is 9.38. The number of nitrogens with zero attached hydrogens (tertiary/aromatic N) is 1. The van der Waals surface area contributed by atoms with Gasteiger partial charge in [0.05, 0.1) is 0 Å². The fourth-order valence-corrected chi connectivity index (χ4v) is 2.92. The maximum absolute atomic E-state index is 12.2. The Morgan fingerprint density at radius 1 is 1.40 bits per heavy atom. The van der Waals surface area contributed by atoms with E-state index in [-0.39, 0.29) is 0 Å². The number of carbonyl (C=O) groups is 2. The summed E-state index contributed by atoms with van der Waals surface area (Å²) in [6, 6.07) is -0.773. The molecule has 0 aromatic heterocycles. The number of carboxylic acids is 1. The van der Waals surface area contributed by atoms with E-state index in [0.29, 0.717) is 18.9 Å². The predicted octanol–water partition coefficient (Wildman–Crippen LogP) is 2.81. The van der Waals surface area contributed by atoms with E-state index >= 15 is 0 Å². The molecular formula is C15H23NO4. The van der Waals surface area contributed by atoms with Crippen molar-refractivity contribution in [1.82, 2.24) is 4.90 Å². The first kappa shape index (κ1) is 14.9. The summed E-state index contributed by atoms with van der Waals surface area (Å²) < 4.78 is 5.33. The second-order valence-corrected chi connectivity index (χ2v) is 6.60. The quantitative estimate of drug-likeness (QED) is 0.750. The minimum Gasteiger partial charge on any atom is -0.480 e. The van der Waals surface area contributed by atoms with Crippen LogP contribution in [0.4, 0.5) is 4.79 Å². The first-order valence-electron chi connectivity index (χ1n) is 7.19. The van der Waals surface area contributed by atoms with Gasteiger partial charge in [-0.25, -0.2) is 9.59 Å². The van der Waals surface area contributed by atoms with Crippen LogP contribution in [-0.2, 0) is 9.53 Å². The first-order chi connectivity index (χ1) is 9.28. The van der Waals surface area contributed by atoms with Crippen LogP contribution in [-0.4, -0.2) is 40.3 Å². The SMILES string of the molecule is CC(C)(C)OC(=O)N1CC2=CCCC[C@@H]2C[C@@H]1C(=O)O. The summed E-state index contributed by atoms with van der Waals surface area (Å²) in [5.41, 5.74) is 0.581. The van der Waals surface area contributed by atoms with Gasteiger partial charge >= 0.3 is 12.1 Å². The number of carbonyl (C=O) groups excluding carboxylic acids is 1. The first-order valence-corrected chi connectivity index (χ1v) is 7.19. The number of hydrogen-bond donors (Lipinski definition) is 1. The van der Waals surface area contributed by atoms with Crippen LogP contribution in [0.1, 0.15) is 46.5 Å². The van der Waals surface area contributed by atoms with Crippen molar-refractivity contribution >= 4 is 12.1 Å². The minimum absolute atomic E-state index is 0.309. The standard InChI is InChI=1S/C15H23NO4/c1-15(2,3)20-14(19)16-9-11-7-5-4-6-10(11)8-12(16)13(17)18/h7,10,12H,4-6,8-9H2,1-3H3,(H,17,18)/t10-,12-/m1/s1. The monoisotopic (exact) mass is 281 g/mol. The van der Waals surface area contributed by atoms with Crippen molar-refractivity contribution in [2.75, 3.05) is 6.54 Å². The number of likely N-dealkylation sites (tertiary alicyclic amines) is 1. The van der Waals surface area contributed by atoms with Gasteiger partial charge in [-0.15, -0.1) is 0 Å². The van der Waals surface area contributed by atoms with Gasteiger partial charge < -0.3 is 9.84 Å². The highest BCUT2D eigenvalue weighted by atomic mass is 16.6. The number of aliphatic carboxylic acids is 1. The molecule has 0 aromatic carbocycles. The second kappa shape index (κ2) is 5.46. The number of carboxylic acid groups (broad SMARTS) is 1. The summed E-state index contributed by atoms with van der Waals surface area (Å²) in [6.07, 6.45) is 5.27. The average molecular weight is 281 g/mol. The number of amides is 1. The fraction of sp³-hybridized carbons (Fsp3) is 0.733. The smallest absolute Gasteiger partial charge is 0.411 e. The lowest BCUT2D eigenvalue weighted by molar-refractivity contribution is -0.144. The van der Waals surface area contributed by atoms with Crippen molar-refractivity contribution in [3.05, 3.63) is 11.6 Å². The number of fused-ring (bicyclic) bond motifs is 1. The summed E-state index contributed by atoms with van der Waals surface area (Å²) in [5.74, 6) is -0.635. The Labute approximate surface area is 119 Å². The van der Waals surface area contributed by atoms with Crippen LogP contribution in [0.3, 0.4) is 0 Å². The van der Waals surface area contributed by atoms with Gasteiger partial charge in [0.15, 0.2) is 0 Å². The molecule has 0 saturated carbocycles. The van der Waals surface area contributed by atoms with Gasteiger partial charge in [-0.3, -0.25) is 4.90 Å². The third-order valence-electron chi connectivity index (χ3n) is 3.84. The molecule has 2 rings (SSSR count). The third kappa shape index (κ3) is 3.32. The Bertz CT molecular complexity index is 436. The number of piperidine rings is 1. The zero-order valence-electron chi connectivity index (χ0n) is 12.4. The van der Waals surface area contributed by atoms with Crippen molar-refractivity contribution in [3.8, 4) is 0 Å². The maximum atomic E-state index is 12.2. The molecular weight excluding hydrogens is 258 g/mol. The second-order valence-electron chi connectivity index (χ2n) is 6.60. The highest BCUT2D eigenvalue weighted by Crippen LogP contribution is 2.35. The molecule has 0 unspecified atom stereocenters. The van der Waals surface area contributed by atoms with Gasteiger partial charge in [0, 0.05) is 6.54 Å². The molecule has 0 bridgehead atoms. The van der Waals surface area contributed by atoms with Gasteiger partial charge in [0.2, 0.25) is 0 Å².